The zero-order chi connectivity index (χ0) is 13.9. The number of aryl methyl sites for hydroxylation is 1. The summed E-state index contributed by atoms with van der Waals surface area (Å²) >= 11 is 0. The first kappa shape index (κ1) is 13.2. The average molecular weight is 272 g/mol. The summed E-state index contributed by atoms with van der Waals surface area (Å²) in [4.78, 5) is 8.92. The van der Waals surface area contributed by atoms with Gasteiger partial charge < -0.3 is 9.84 Å². The minimum atomic E-state index is 0.334. The van der Waals surface area contributed by atoms with Gasteiger partial charge in [0.2, 0.25) is 11.7 Å². The highest BCUT2D eigenvalue weighted by Crippen LogP contribution is 2.34. The van der Waals surface area contributed by atoms with Gasteiger partial charge in [0, 0.05) is 12.2 Å². The van der Waals surface area contributed by atoms with Crippen LogP contribution in [0.15, 0.2) is 22.9 Å². The molecule has 5 heteroatoms. The van der Waals surface area contributed by atoms with Crippen LogP contribution in [0.4, 0.5) is 0 Å². The number of hydrogen-bond acceptors (Lipinski definition) is 5. The number of nitrogens with one attached hydrogen (secondary N) is 1. The molecule has 0 aromatic carbocycles. The van der Waals surface area contributed by atoms with Crippen LogP contribution in [0.25, 0.3) is 11.5 Å². The first-order valence-corrected chi connectivity index (χ1v) is 7.28. The van der Waals surface area contributed by atoms with Gasteiger partial charge in [-0.25, -0.2) is 0 Å². The number of hydrogen-bond donors (Lipinski definition) is 1. The van der Waals surface area contributed by atoms with Crippen LogP contribution in [0.2, 0.25) is 0 Å². The van der Waals surface area contributed by atoms with Crippen LogP contribution >= 0.6 is 0 Å². The maximum absolute atomic E-state index is 5.49. The molecular weight excluding hydrogens is 252 g/mol. The van der Waals surface area contributed by atoms with Crippen LogP contribution in [0.1, 0.15) is 43.6 Å². The van der Waals surface area contributed by atoms with Crippen LogP contribution in [0.3, 0.4) is 0 Å². The quantitative estimate of drug-likeness (QED) is 0.927. The second-order valence-corrected chi connectivity index (χ2v) is 5.33. The summed E-state index contributed by atoms with van der Waals surface area (Å²) in [6.07, 6.45) is 5.26. The van der Waals surface area contributed by atoms with Gasteiger partial charge in [0.15, 0.2) is 0 Å². The van der Waals surface area contributed by atoms with E-state index in [2.05, 4.69) is 27.4 Å². The van der Waals surface area contributed by atoms with Crippen molar-refractivity contribution in [2.45, 2.75) is 45.1 Å². The predicted octanol–water partition coefficient (Wildman–Crippen LogP) is 2.69. The van der Waals surface area contributed by atoms with E-state index in [4.69, 9.17) is 4.52 Å². The molecule has 3 rings (SSSR count). The highest BCUT2D eigenvalue weighted by Gasteiger charge is 2.32. The fraction of sp³-hybridized carbons (Fsp3) is 0.533. The first-order valence-electron chi connectivity index (χ1n) is 7.28. The molecule has 1 saturated carbocycles. The van der Waals surface area contributed by atoms with Gasteiger partial charge in [0.1, 0.15) is 5.69 Å². The number of pyridine rings is 1. The Morgan fingerprint density at radius 1 is 1.40 bits per heavy atom. The molecule has 0 aliphatic heterocycles. The van der Waals surface area contributed by atoms with Crippen molar-refractivity contribution in [1.29, 1.82) is 0 Å². The summed E-state index contributed by atoms with van der Waals surface area (Å²) < 4.78 is 5.49. The van der Waals surface area contributed by atoms with Crippen molar-refractivity contribution in [2.75, 3.05) is 6.54 Å². The van der Waals surface area contributed by atoms with E-state index < -0.39 is 0 Å². The molecule has 0 spiro atoms. The van der Waals surface area contributed by atoms with Crippen molar-refractivity contribution in [3.63, 3.8) is 0 Å². The fourth-order valence-electron chi connectivity index (χ4n) is 2.96. The highest BCUT2D eigenvalue weighted by molar-refractivity contribution is 5.53. The molecule has 1 N–H and O–H groups in total. The fourth-order valence-corrected chi connectivity index (χ4v) is 2.96. The lowest BCUT2D eigenvalue weighted by Crippen LogP contribution is -2.31. The second kappa shape index (κ2) is 5.71. The summed E-state index contributed by atoms with van der Waals surface area (Å²) in [5, 5.41) is 7.62. The third-order valence-corrected chi connectivity index (χ3v) is 3.96. The molecule has 2 unspecified atom stereocenters. The van der Waals surface area contributed by atoms with Crippen molar-refractivity contribution in [3.05, 3.63) is 29.8 Å². The lowest BCUT2D eigenvalue weighted by atomic mass is 10.0. The largest absolute Gasteiger partial charge is 0.339 e. The number of likely N-dealkylation sites (N-methyl/N-ethyl adjacent to an activating group) is 1. The molecule has 2 aromatic heterocycles. The highest BCUT2D eigenvalue weighted by atomic mass is 16.5. The molecular formula is C15H20N4O. The van der Waals surface area contributed by atoms with Gasteiger partial charge in [-0.15, -0.1) is 0 Å². The zero-order valence-electron chi connectivity index (χ0n) is 12.0. The molecule has 0 amide bonds. The average Bonchev–Trinajstić information content (AvgIpc) is 3.08. The molecule has 20 heavy (non-hydrogen) atoms. The first-order chi connectivity index (χ1) is 9.79. The van der Waals surface area contributed by atoms with Crippen LogP contribution in [-0.4, -0.2) is 27.7 Å². The molecule has 1 aliphatic carbocycles. The van der Waals surface area contributed by atoms with Gasteiger partial charge in [-0.2, -0.15) is 4.98 Å². The van der Waals surface area contributed by atoms with Gasteiger partial charge in [0.25, 0.3) is 0 Å². The number of nitrogens with zero attached hydrogens (tertiary/aromatic N) is 3. The summed E-state index contributed by atoms with van der Waals surface area (Å²) in [6, 6.07) is 4.38. The van der Waals surface area contributed by atoms with Crippen molar-refractivity contribution < 1.29 is 4.52 Å². The number of rotatable bonds is 4. The molecule has 0 saturated heterocycles. The molecule has 1 fully saturated rings. The lowest BCUT2D eigenvalue weighted by Gasteiger charge is -2.16. The predicted molar refractivity (Wildman–Crippen MR) is 76.3 cm³/mol. The standard InChI is InChI=1S/C15H20N4O/c1-3-16-12-8-4-7-11(12)15-18-14(19-20-15)13-10(2)6-5-9-17-13/h5-6,9,11-12,16H,3-4,7-8H2,1-2H3. The maximum Gasteiger partial charge on any atom is 0.231 e. The van der Waals surface area contributed by atoms with E-state index in [9.17, 15) is 0 Å². The third-order valence-electron chi connectivity index (χ3n) is 3.96. The maximum atomic E-state index is 5.49. The van der Waals surface area contributed by atoms with Gasteiger partial charge in [-0.1, -0.05) is 24.6 Å². The van der Waals surface area contributed by atoms with Crippen LogP contribution in [0.5, 0.6) is 0 Å². The van der Waals surface area contributed by atoms with Gasteiger partial charge in [-0.3, -0.25) is 4.98 Å². The van der Waals surface area contributed by atoms with Gasteiger partial charge in [-0.05, 0) is 37.9 Å². The zero-order valence-corrected chi connectivity index (χ0v) is 12.0. The van der Waals surface area contributed by atoms with Crippen molar-refractivity contribution in [1.82, 2.24) is 20.4 Å². The van der Waals surface area contributed by atoms with E-state index in [-0.39, 0.29) is 0 Å². The Morgan fingerprint density at radius 2 is 2.30 bits per heavy atom. The number of aromatic nitrogens is 3. The Balaban J connectivity index is 1.85. The normalized spacial score (nSPS) is 22.3. The van der Waals surface area contributed by atoms with Gasteiger partial charge in [0.05, 0.1) is 5.92 Å². The molecule has 106 valence electrons. The Hall–Kier alpha value is -1.75. The topological polar surface area (TPSA) is 63.8 Å². The second-order valence-electron chi connectivity index (χ2n) is 5.33. The lowest BCUT2D eigenvalue weighted by molar-refractivity contribution is 0.332. The molecule has 2 aromatic rings. The molecule has 0 bridgehead atoms. The summed E-state index contributed by atoms with van der Waals surface area (Å²) in [5.41, 5.74) is 1.87. The van der Waals surface area contributed by atoms with Crippen molar-refractivity contribution in [3.8, 4) is 11.5 Å². The van der Waals surface area contributed by atoms with E-state index in [1.54, 1.807) is 6.20 Å². The summed E-state index contributed by atoms with van der Waals surface area (Å²) in [5.74, 6) is 1.67. The molecule has 1 aliphatic rings. The van der Waals surface area contributed by atoms with E-state index >= 15 is 0 Å². The van der Waals surface area contributed by atoms with Crippen molar-refractivity contribution >= 4 is 0 Å². The molecule has 2 heterocycles. The summed E-state index contributed by atoms with van der Waals surface area (Å²) in [7, 11) is 0. The van der Waals surface area contributed by atoms with Crippen LogP contribution in [0, 0.1) is 6.92 Å². The Bertz CT molecular complexity index is 581. The van der Waals surface area contributed by atoms with E-state index in [1.165, 1.54) is 12.8 Å². The van der Waals surface area contributed by atoms with Gasteiger partial charge >= 0.3 is 0 Å². The minimum Gasteiger partial charge on any atom is -0.339 e. The van der Waals surface area contributed by atoms with Crippen LogP contribution < -0.4 is 5.32 Å². The SMILES string of the molecule is CCNC1CCCC1c1nc(-c2ncccc2C)no1. The molecule has 5 nitrogen and oxygen atoms in total. The van der Waals surface area contributed by atoms with E-state index in [0.29, 0.717) is 17.8 Å². The molecule has 2 atom stereocenters. The van der Waals surface area contributed by atoms with E-state index in [1.807, 2.05) is 19.1 Å². The monoisotopic (exact) mass is 272 g/mol. The van der Waals surface area contributed by atoms with E-state index in [0.717, 1.165) is 30.1 Å². The molecule has 0 radical (unpaired) electrons. The Kier molecular flexibility index (Phi) is 3.78. The van der Waals surface area contributed by atoms with Crippen LogP contribution in [-0.2, 0) is 0 Å². The Morgan fingerprint density at radius 3 is 3.10 bits per heavy atom. The Labute approximate surface area is 118 Å². The third kappa shape index (κ3) is 2.45. The summed E-state index contributed by atoms with van der Waals surface area (Å²) in [6.45, 7) is 5.11. The van der Waals surface area contributed by atoms with Crippen molar-refractivity contribution in [2.24, 2.45) is 0 Å². The minimum absolute atomic E-state index is 0.334. The smallest absolute Gasteiger partial charge is 0.231 e.